The number of rotatable bonds is 3. The first-order valence-electron chi connectivity index (χ1n) is 9.51. The van der Waals surface area contributed by atoms with Crippen LogP contribution in [0.25, 0.3) is 11.1 Å². The van der Waals surface area contributed by atoms with E-state index in [0.29, 0.717) is 28.7 Å². The number of halogens is 2. The summed E-state index contributed by atoms with van der Waals surface area (Å²) in [5.74, 6) is 0.965. The van der Waals surface area contributed by atoms with Crippen LogP contribution in [0.1, 0.15) is 40.6 Å². The van der Waals surface area contributed by atoms with Crippen LogP contribution in [0, 0.1) is 6.92 Å². The summed E-state index contributed by atoms with van der Waals surface area (Å²) in [5.41, 5.74) is 3.62. The van der Waals surface area contributed by atoms with Gasteiger partial charge in [-0.15, -0.1) is 0 Å². The number of aryl methyl sites for hydroxylation is 1. The standard InChI is InChI=1S/C22H20Cl2N4O/c1-14-26-13-19(15-4-8-25-9-5-15)21(27-14)16-6-10-28(11-7-16)22(29)18-3-2-17(23)12-20(18)24/h2-5,8-9,12-13,16H,6-7,10-11H2,1H3. The van der Waals surface area contributed by atoms with Crippen molar-refractivity contribution in [2.24, 2.45) is 0 Å². The molecule has 4 rings (SSSR count). The fourth-order valence-corrected chi connectivity index (χ4v) is 4.23. The highest BCUT2D eigenvalue weighted by Crippen LogP contribution is 2.34. The predicted octanol–water partition coefficient (Wildman–Crippen LogP) is 5.17. The molecule has 7 heteroatoms. The molecule has 2 aromatic heterocycles. The Kier molecular flexibility index (Phi) is 5.79. The van der Waals surface area contributed by atoms with Crippen molar-refractivity contribution >= 4 is 29.1 Å². The smallest absolute Gasteiger partial charge is 0.255 e. The SMILES string of the molecule is Cc1ncc(-c2ccncc2)c(C2CCN(C(=O)c3ccc(Cl)cc3Cl)CC2)n1. The van der Waals surface area contributed by atoms with E-state index in [2.05, 4.69) is 9.97 Å². The molecule has 1 amide bonds. The second kappa shape index (κ2) is 8.47. The van der Waals surface area contributed by atoms with Gasteiger partial charge in [0.2, 0.25) is 0 Å². The van der Waals surface area contributed by atoms with Crippen molar-refractivity contribution in [3.63, 3.8) is 0 Å². The number of piperidine rings is 1. The van der Waals surface area contributed by atoms with Crippen LogP contribution >= 0.6 is 23.2 Å². The van der Waals surface area contributed by atoms with Gasteiger partial charge in [-0.05, 0) is 55.7 Å². The quantitative estimate of drug-likeness (QED) is 0.579. The molecule has 148 valence electrons. The van der Waals surface area contributed by atoms with Gasteiger partial charge in [0.1, 0.15) is 5.82 Å². The van der Waals surface area contributed by atoms with Crippen molar-refractivity contribution in [3.05, 3.63) is 76.0 Å². The van der Waals surface area contributed by atoms with Gasteiger partial charge in [-0.3, -0.25) is 9.78 Å². The molecule has 0 aliphatic carbocycles. The van der Waals surface area contributed by atoms with Gasteiger partial charge < -0.3 is 4.90 Å². The Morgan fingerprint density at radius 3 is 2.52 bits per heavy atom. The van der Waals surface area contributed by atoms with Crippen molar-refractivity contribution in [1.29, 1.82) is 0 Å². The second-order valence-electron chi connectivity index (χ2n) is 7.14. The molecular formula is C22H20Cl2N4O. The summed E-state index contributed by atoms with van der Waals surface area (Å²) in [6, 6.07) is 8.93. The molecule has 0 unspecified atom stereocenters. The Bertz CT molecular complexity index is 1030. The number of nitrogens with zero attached hydrogens (tertiary/aromatic N) is 4. The molecule has 1 fully saturated rings. The van der Waals surface area contributed by atoms with Gasteiger partial charge in [-0.2, -0.15) is 0 Å². The van der Waals surface area contributed by atoms with Crippen LogP contribution in [0.2, 0.25) is 10.0 Å². The third kappa shape index (κ3) is 4.26. The van der Waals surface area contributed by atoms with Crippen molar-refractivity contribution in [2.45, 2.75) is 25.7 Å². The maximum absolute atomic E-state index is 12.9. The van der Waals surface area contributed by atoms with E-state index in [-0.39, 0.29) is 11.8 Å². The minimum Gasteiger partial charge on any atom is -0.339 e. The lowest BCUT2D eigenvalue weighted by molar-refractivity contribution is 0.0712. The zero-order valence-corrected chi connectivity index (χ0v) is 17.5. The molecule has 0 N–H and O–H groups in total. The highest BCUT2D eigenvalue weighted by atomic mass is 35.5. The first kappa shape index (κ1) is 19.8. The number of amides is 1. The maximum Gasteiger partial charge on any atom is 0.255 e. The molecule has 0 saturated carbocycles. The van der Waals surface area contributed by atoms with Gasteiger partial charge in [-0.25, -0.2) is 9.97 Å². The molecule has 0 atom stereocenters. The van der Waals surface area contributed by atoms with Gasteiger partial charge in [0.05, 0.1) is 16.3 Å². The lowest BCUT2D eigenvalue weighted by atomic mass is 9.89. The Morgan fingerprint density at radius 2 is 1.83 bits per heavy atom. The Balaban J connectivity index is 1.53. The molecule has 1 aliphatic rings. The van der Waals surface area contributed by atoms with Crippen LogP contribution in [0.4, 0.5) is 0 Å². The van der Waals surface area contributed by atoms with E-state index in [0.717, 1.165) is 35.5 Å². The van der Waals surface area contributed by atoms with Crippen LogP contribution in [0.5, 0.6) is 0 Å². The third-order valence-electron chi connectivity index (χ3n) is 5.26. The summed E-state index contributed by atoms with van der Waals surface area (Å²) < 4.78 is 0. The lowest BCUT2D eigenvalue weighted by Crippen LogP contribution is -2.38. The van der Waals surface area contributed by atoms with Crippen molar-refractivity contribution < 1.29 is 4.79 Å². The molecule has 3 heterocycles. The number of carbonyl (C=O) groups excluding carboxylic acids is 1. The maximum atomic E-state index is 12.9. The highest BCUT2D eigenvalue weighted by molar-refractivity contribution is 6.36. The number of aromatic nitrogens is 3. The molecule has 3 aromatic rings. The minimum absolute atomic E-state index is 0.0571. The fraction of sp³-hybridized carbons (Fsp3) is 0.273. The van der Waals surface area contributed by atoms with Gasteiger partial charge in [0.25, 0.3) is 5.91 Å². The largest absolute Gasteiger partial charge is 0.339 e. The summed E-state index contributed by atoms with van der Waals surface area (Å²) in [7, 11) is 0. The van der Waals surface area contributed by atoms with Crippen LogP contribution in [0.3, 0.4) is 0 Å². The zero-order chi connectivity index (χ0) is 20.4. The topological polar surface area (TPSA) is 59.0 Å². The Labute approximate surface area is 179 Å². The first-order chi connectivity index (χ1) is 14.0. The zero-order valence-electron chi connectivity index (χ0n) is 16.0. The summed E-state index contributed by atoms with van der Waals surface area (Å²) in [6.45, 7) is 3.21. The molecule has 1 saturated heterocycles. The van der Waals surface area contributed by atoms with E-state index in [4.69, 9.17) is 28.2 Å². The van der Waals surface area contributed by atoms with E-state index in [9.17, 15) is 4.79 Å². The number of benzene rings is 1. The van der Waals surface area contributed by atoms with Crippen LogP contribution in [-0.2, 0) is 0 Å². The minimum atomic E-state index is -0.0571. The third-order valence-corrected chi connectivity index (χ3v) is 5.81. The highest BCUT2D eigenvalue weighted by Gasteiger charge is 2.28. The van der Waals surface area contributed by atoms with Crippen LogP contribution < -0.4 is 0 Å². The fourth-order valence-electron chi connectivity index (χ4n) is 3.74. The molecule has 0 bridgehead atoms. The summed E-state index contributed by atoms with van der Waals surface area (Å²) >= 11 is 12.2. The molecular weight excluding hydrogens is 407 g/mol. The van der Waals surface area contributed by atoms with Crippen molar-refractivity contribution in [2.75, 3.05) is 13.1 Å². The molecule has 1 aromatic carbocycles. The van der Waals surface area contributed by atoms with Gasteiger partial charge in [-0.1, -0.05) is 23.2 Å². The molecule has 1 aliphatic heterocycles. The van der Waals surface area contributed by atoms with Gasteiger partial charge >= 0.3 is 0 Å². The number of pyridine rings is 1. The molecule has 5 nitrogen and oxygen atoms in total. The van der Waals surface area contributed by atoms with E-state index < -0.39 is 0 Å². The Morgan fingerprint density at radius 1 is 1.10 bits per heavy atom. The number of likely N-dealkylation sites (tertiary alicyclic amines) is 1. The average Bonchev–Trinajstić information content (AvgIpc) is 2.74. The summed E-state index contributed by atoms with van der Waals surface area (Å²) in [5, 5.41) is 0.907. The number of hydrogen-bond acceptors (Lipinski definition) is 4. The second-order valence-corrected chi connectivity index (χ2v) is 7.99. The number of carbonyl (C=O) groups is 1. The van der Waals surface area contributed by atoms with Gasteiger partial charge in [0.15, 0.2) is 0 Å². The monoisotopic (exact) mass is 426 g/mol. The van der Waals surface area contributed by atoms with E-state index in [1.807, 2.05) is 30.2 Å². The molecule has 0 radical (unpaired) electrons. The van der Waals surface area contributed by atoms with Crippen molar-refractivity contribution in [1.82, 2.24) is 19.9 Å². The van der Waals surface area contributed by atoms with E-state index in [1.54, 1.807) is 30.6 Å². The van der Waals surface area contributed by atoms with Crippen molar-refractivity contribution in [3.8, 4) is 11.1 Å². The van der Waals surface area contributed by atoms with E-state index in [1.165, 1.54) is 0 Å². The van der Waals surface area contributed by atoms with Crippen LogP contribution in [0.15, 0.2) is 48.9 Å². The van der Waals surface area contributed by atoms with Crippen LogP contribution in [-0.4, -0.2) is 38.8 Å². The lowest BCUT2D eigenvalue weighted by Gasteiger charge is -2.32. The van der Waals surface area contributed by atoms with Gasteiger partial charge in [0, 0.05) is 48.2 Å². The number of hydrogen-bond donors (Lipinski definition) is 0. The predicted molar refractivity (Wildman–Crippen MR) is 114 cm³/mol. The first-order valence-corrected chi connectivity index (χ1v) is 10.3. The Hall–Kier alpha value is -2.50. The normalized spacial score (nSPS) is 14.8. The molecule has 0 spiro atoms. The average molecular weight is 427 g/mol. The summed E-state index contributed by atoms with van der Waals surface area (Å²) in [6.07, 6.45) is 7.11. The molecule has 29 heavy (non-hydrogen) atoms. The summed E-state index contributed by atoms with van der Waals surface area (Å²) in [4.78, 5) is 28.0. The van der Waals surface area contributed by atoms with E-state index >= 15 is 0 Å².